The minimum Gasteiger partial charge on any atom is -0.369 e. The van der Waals surface area contributed by atoms with Gasteiger partial charge in [-0.1, -0.05) is 35.3 Å². The highest BCUT2D eigenvalue weighted by Gasteiger charge is 2.15. The number of nitrogen functional groups attached to an aromatic ring is 1. The molecule has 0 spiro atoms. The number of hydrogen-bond acceptors (Lipinski definition) is 2. The number of fused-ring (bicyclic) bond motifs is 1. The van der Waals surface area contributed by atoms with Crippen molar-refractivity contribution in [2.24, 2.45) is 0 Å². The summed E-state index contributed by atoms with van der Waals surface area (Å²) < 4.78 is 1.83. The van der Waals surface area contributed by atoms with E-state index >= 15 is 0 Å². The first kappa shape index (κ1) is 12.3. The number of halogens is 2. The molecule has 5 heteroatoms. The van der Waals surface area contributed by atoms with Crippen LogP contribution in [0.4, 0.5) is 5.95 Å². The van der Waals surface area contributed by atoms with Crippen molar-refractivity contribution in [1.29, 1.82) is 0 Å². The fourth-order valence-corrected chi connectivity index (χ4v) is 2.61. The third-order valence-electron chi connectivity index (χ3n) is 3.13. The van der Waals surface area contributed by atoms with E-state index in [2.05, 4.69) is 4.98 Å². The lowest BCUT2D eigenvalue weighted by Crippen LogP contribution is -2.03. The molecule has 1 aromatic heterocycles. The molecule has 0 bridgehead atoms. The van der Waals surface area contributed by atoms with Crippen molar-refractivity contribution in [3.8, 4) is 5.69 Å². The lowest BCUT2D eigenvalue weighted by molar-refractivity contribution is 1.09. The fourth-order valence-electron chi connectivity index (χ4n) is 2.19. The zero-order valence-corrected chi connectivity index (χ0v) is 11.7. The van der Waals surface area contributed by atoms with Crippen molar-refractivity contribution in [2.75, 3.05) is 5.73 Å². The van der Waals surface area contributed by atoms with E-state index in [4.69, 9.17) is 28.9 Å². The van der Waals surface area contributed by atoms with Gasteiger partial charge in [0.05, 0.1) is 21.7 Å². The summed E-state index contributed by atoms with van der Waals surface area (Å²) in [6, 6.07) is 11.2. The maximum absolute atomic E-state index is 6.27. The topological polar surface area (TPSA) is 43.8 Å². The molecule has 0 aliphatic rings. The van der Waals surface area contributed by atoms with Gasteiger partial charge in [-0.15, -0.1) is 0 Å². The van der Waals surface area contributed by atoms with Crippen LogP contribution in [0.15, 0.2) is 36.4 Å². The molecule has 0 saturated carbocycles. The van der Waals surface area contributed by atoms with Gasteiger partial charge in [0.15, 0.2) is 0 Å². The van der Waals surface area contributed by atoms with Gasteiger partial charge >= 0.3 is 0 Å². The second kappa shape index (κ2) is 4.44. The summed E-state index contributed by atoms with van der Waals surface area (Å²) in [7, 11) is 0. The van der Waals surface area contributed by atoms with Gasteiger partial charge < -0.3 is 5.73 Å². The quantitative estimate of drug-likeness (QED) is 0.729. The first-order valence-corrected chi connectivity index (χ1v) is 6.53. The van der Waals surface area contributed by atoms with Gasteiger partial charge in [-0.05, 0) is 36.8 Å². The Morgan fingerprint density at radius 2 is 1.74 bits per heavy atom. The second-order valence-corrected chi connectivity index (χ2v) is 5.11. The number of nitrogens with two attached hydrogens (primary N) is 1. The molecule has 2 aromatic carbocycles. The largest absolute Gasteiger partial charge is 0.369 e. The molecule has 0 radical (unpaired) electrons. The van der Waals surface area contributed by atoms with E-state index in [1.165, 1.54) is 0 Å². The molecule has 0 unspecified atom stereocenters. The summed E-state index contributed by atoms with van der Waals surface area (Å²) in [6.45, 7) is 1.94. The Kier molecular flexibility index (Phi) is 2.88. The Hall–Kier alpha value is -1.71. The van der Waals surface area contributed by atoms with E-state index in [0.717, 1.165) is 22.3 Å². The molecule has 3 aromatic rings. The zero-order valence-electron chi connectivity index (χ0n) is 10.2. The lowest BCUT2D eigenvalue weighted by Gasteiger charge is -2.11. The Labute approximate surface area is 120 Å². The van der Waals surface area contributed by atoms with E-state index in [9.17, 15) is 0 Å². The van der Waals surface area contributed by atoms with Crippen LogP contribution in [0.25, 0.3) is 16.7 Å². The number of nitrogens with zero attached hydrogens (tertiary/aromatic N) is 2. The highest BCUT2D eigenvalue weighted by Crippen LogP contribution is 2.31. The maximum Gasteiger partial charge on any atom is 0.205 e. The van der Waals surface area contributed by atoms with Crippen LogP contribution in [-0.2, 0) is 0 Å². The normalized spacial score (nSPS) is 11.1. The van der Waals surface area contributed by atoms with E-state index in [-0.39, 0.29) is 0 Å². The van der Waals surface area contributed by atoms with Crippen LogP contribution in [0, 0.1) is 6.92 Å². The molecule has 2 N–H and O–H groups in total. The van der Waals surface area contributed by atoms with Crippen molar-refractivity contribution in [1.82, 2.24) is 9.55 Å². The third-order valence-corrected chi connectivity index (χ3v) is 3.85. The SMILES string of the molecule is Cc1c(Cl)cccc1-n1c(N)nc2cccc(Cl)c21. The van der Waals surface area contributed by atoms with Crippen LogP contribution in [0.1, 0.15) is 5.56 Å². The van der Waals surface area contributed by atoms with Crippen LogP contribution in [0.3, 0.4) is 0 Å². The van der Waals surface area contributed by atoms with E-state index in [0.29, 0.717) is 16.0 Å². The molecule has 1 heterocycles. The predicted octanol–water partition coefficient (Wildman–Crippen LogP) is 4.22. The van der Waals surface area contributed by atoms with Gasteiger partial charge in [0.1, 0.15) is 0 Å². The summed E-state index contributed by atoms with van der Waals surface area (Å²) >= 11 is 12.4. The summed E-state index contributed by atoms with van der Waals surface area (Å²) in [5, 5.41) is 1.30. The molecule has 0 fully saturated rings. The predicted molar refractivity (Wildman–Crippen MR) is 80.2 cm³/mol. The van der Waals surface area contributed by atoms with Crippen molar-refractivity contribution in [2.45, 2.75) is 6.92 Å². The molecule has 96 valence electrons. The first-order chi connectivity index (χ1) is 9.09. The number of benzene rings is 2. The van der Waals surface area contributed by atoms with Gasteiger partial charge in [0.2, 0.25) is 5.95 Å². The van der Waals surface area contributed by atoms with Crippen LogP contribution in [0.2, 0.25) is 10.0 Å². The number of rotatable bonds is 1. The second-order valence-electron chi connectivity index (χ2n) is 4.30. The van der Waals surface area contributed by atoms with Gasteiger partial charge in [0.25, 0.3) is 0 Å². The zero-order chi connectivity index (χ0) is 13.6. The maximum atomic E-state index is 6.27. The van der Waals surface area contributed by atoms with E-state index < -0.39 is 0 Å². The molecule has 3 nitrogen and oxygen atoms in total. The van der Waals surface area contributed by atoms with Gasteiger partial charge in [-0.3, -0.25) is 4.57 Å². The van der Waals surface area contributed by atoms with Crippen molar-refractivity contribution >= 4 is 40.2 Å². The van der Waals surface area contributed by atoms with Gasteiger partial charge in [0, 0.05) is 5.02 Å². The number of imidazole rings is 1. The average molecular weight is 292 g/mol. The van der Waals surface area contributed by atoms with Crippen LogP contribution < -0.4 is 5.73 Å². The molecular formula is C14H11Cl2N3. The summed E-state index contributed by atoms with van der Waals surface area (Å²) in [6.07, 6.45) is 0. The Bertz CT molecular complexity index is 778. The number of para-hydroxylation sites is 1. The monoisotopic (exact) mass is 291 g/mol. The van der Waals surface area contributed by atoms with Crippen LogP contribution in [0.5, 0.6) is 0 Å². The highest BCUT2D eigenvalue weighted by molar-refractivity contribution is 6.35. The molecule has 3 rings (SSSR count). The Morgan fingerprint density at radius 1 is 1.05 bits per heavy atom. The molecule has 0 saturated heterocycles. The van der Waals surface area contributed by atoms with Crippen LogP contribution >= 0.6 is 23.2 Å². The van der Waals surface area contributed by atoms with Crippen LogP contribution in [-0.4, -0.2) is 9.55 Å². The number of hydrogen-bond donors (Lipinski definition) is 1. The van der Waals surface area contributed by atoms with E-state index in [1.54, 1.807) is 0 Å². The Balaban J connectivity index is 2.43. The van der Waals surface area contributed by atoms with Gasteiger partial charge in [-0.2, -0.15) is 0 Å². The summed E-state index contributed by atoms with van der Waals surface area (Å²) in [5.74, 6) is 0.397. The smallest absolute Gasteiger partial charge is 0.205 e. The molecule has 0 atom stereocenters. The minimum atomic E-state index is 0.397. The average Bonchev–Trinajstić information content (AvgIpc) is 2.71. The molecular weight excluding hydrogens is 281 g/mol. The first-order valence-electron chi connectivity index (χ1n) is 5.77. The number of anilines is 1. The molecule has 0 aliphatic carbocycles. The van der Waals surface area contributed by atoms with Gasteiger partial charge in [-0.25, -0.2) is 4.98 Å². The van der Waals surface area contributed by atoms with Crippen molar-refractivity contribution < 1.29 is 0 Å². The molecule has 19 heavy (non-hydrogen) atoms. The van der Waals surface area contributed by atoms with E-state index in [1.807, 2.05) is 47.9 Å². The van der Waals surface area contributed by atoms with Crippen molar-refractivity contribution in [3.05, 3.63) is 52.0 Å². The summed E-state index contributed by atoms with van der Waals surface area (Å²) in [5.41, 5.74) is 9.42. The van der Waals surface area contributed by atoms with Crippen molar-refractivity contribution in [3.63, 3.8) is 0 Å². The molecule has 0 aliphatic heterocycles. The minimum absolute atomic E-state index is 0.397. The highest BCUT2D eigenvalue weighted by atomic mass is 35.5. The fraction of sp³-hybridized carbons (Fsp3) is 0.0714. The molecule has 0 amide bonds. The Morgan fingerprint density at radius 3 is 2.53 bits per heavy atom. The lowest BCUT2D eigenvalue weighted by atomic mass is 10.2. The standard InChI is InChI=1S/C14H11Cl2N3/c1-8-9(15)4-3-7-12(8)19-13-10(16)5-2-6-11(13)18-14(19)17/h2-7H,1H3,(H2,17,18). The summed E-state index contributed by atoms with van der Waals surface area (Å²) in [4.78, 5) is 4.33. The third kappa shape index (κ3) is 1.86. The number of aromatic nitrogens is 2.